The molecular weight excluding hydrogens is 324 g/mol. The molecule has 1 aliphatic heterocycles. The standard InChI is InChI=1S/C21H28N4O/c1-16(2)15-22-19-14-18(21(26)25-12-8-3-4-9-13-25)23-20(24-19)17-10-6-5-7-11-17/h5-7,10-11,14,16H,3-4,8-9,12-13,15H2,1-2H3,(H,22,23,24). The van der Waals surface area contributed by atoms with E-state index in [-0.39, 0.29) is 5.91 Å². The lowest BCUT2D eigenvalue weighted by Crippen LogP contribution is -2.32. The molecule has 0 atom stereocenters. The predicted molar refractivity (Wildman–Crippen MR) is 105 cm³/mol. The Morgan fingerprint density at radius 3 is 2.42 bits per heavy atom. The maximum absolute atomic E-state index is 13.0. The van der Waals surface area contributed by atoms with Gasteiger partial charge in [0, 0.05) is 31.3 Å². The van der Waals surface area contributed by atoms with Crippen molar-refractivity contribution >= 4 is 11.7 Å². The largest absolute Gasteiger partial charge is 0.370 e. The number of hydrogen-bond donors (Lipinski definition) is 1. The van der Waals surface area contributed by atoms with Gasteiger partial charge in [0.15, 0.2) is 5.82 Å². The van der Waals surface area contributed by atoms with E-state index in [1.807, 2.05) is 35.2 Å². The normalized spacial score (nSPS) is 15.0. The number of nitrogens with zero attached hydrogens (tertiary/aromatic N) is 3. The van der Waals surface area contributed by atoms with Gasteiger partial charge in [0.05, 0.1) is 0 Å². The van der Waals surface area contributed by atoms with E-state index in [2.05, 4.69) is 29.1 Å². The zero-order valence-electron chi connectivity index (χ0n) is 15.7. The first kappa shape index (κ1) is 18.4. The fourth-order valence-electron chi connectivity index (χ4n) is 3.11. The Morgan fingerprint density at radius 2 is 1.77 bits per heavy atom. The summed E-state index contributed by atoms with van der Waals surface area (Å²) in [5.74, 6) is 1.82. The molecule has 0 radical (unpaired) electrons. The lowest BCUT2D eigenvalue weighted by Gasteiger charge is -2.20. The Hall–Kier alpha value is -2.43. The molecule has 0 aliphatic carbocycles. The minimum Gasteiger partial charge on any atom is -0.370 e. The van der Waals surface area contributed by atoms with Crippen LogP contribution >= 0.6 is 0 Å². The number of aromatic nitrogens is 2. The zero-order valence-corrected chi connectivity index (χ0v) is 15.7. The van der Waals surface area contributed by atoms with Gasteiger partial charge >= 0.3 is 0 Å². The van der Waals surface area contributed by atoms with E-state index in [1.165, 1.54) is 12.8 Å². The van der Waals surface area contributed by atoms with Gasteiger partial charge in [-0.3, -0.25) is 4.79 Å². The average Bonchev–Trinajstić information content (AvgIpc) is 2.96. The summed E-state index contributed by atoms with van der Waals surface area (Å²) in [5, 5.41) is 3.34. The highest BCUT2D eigenvalue weighted by Crippen LogP contribution is 2.20. The molecule has 1 fully saturated rings. The van der Waals surface area contributed by atoms with Crippen LogP contribution in [0.15, 0.2) is 36.4 Å². The number of rotatable bonds is 5. The second-order valence-corrected chi connectivity index (χ2v) is 7.31. The second-order valence-electron chi connectivity index (χ2n) is 7.31. The summed E-state index contributed by atoms with van der Waals surface area (Å²) in [6.45, 7) is 6.74. The molecule has 26 heavy (non-hydrogen) atoms. The van der Waals surface area contributed by atoms with Crippen LogP contribution in [0.5, 0.6) is 0 Å². The van der Waals surface area contributed by atoms with Gasteiger partial charge in [-0.25, -0.2) is 9.97 Å². The van der Waals surface area contributed by atoms with Crippen LogP contribution in [-0.4, -0.2) is 40.4 Å². The number of carbonyl (C=O) groups is 1. The van der Waals surface area contributed by atoms with Crippen molar-refractivity contribution < 1.29 is 4.79 Å². The van der Waals surface area contributed by atoms with Crippen molar-refractivity contribution in [3.63, 3.8) is 0 Å². The average molecular weight is 352 g/mol. The number of anilines is 1. The summed E-state index contributed by atoms with van der Waals surface area (Å²) >= 11 is 0. The summed E-state index contributed by atoms with van der Waals surface area (Å²) in [5.41, 5.74) is 1.40. The molecule has 138 valence electrons. The smallest absolute Gasteiger partial charge is 0.272 e. The van der Waals surface area contributed by atoms with Crippen molar-refractivity contribution in [2.75, 3.05) is 25.0 Å². The van der Waals surface area contributed by atoms with Gasteiger partial charge < -0.3 is 10.2 Å². The molecule has 1 amide bonds. The van der Waals surface area contributed by atoms with Crippen molar-refractivity contribution in [2.45, 2.75) is 39.5 Å². The molecule has 2 heterocycles. The van der Waals surface area contributed by atoms with Crippen molar-refractivity contribution in [3.05, 3.63) is 42.1 Å². The van der Waals surface area contributed by atoms with E-state index in [1.54, 1.807) is 6.07 Å². The summed E-state index contributed by atoms with van der Waals surface area (Å²) in [6.07, 6.45) is 4.54. The number of carbonyl (C=O) groups excluding carboxylic acids is 1. The van der Waals surface area contributed by atoms with E-state index in [9.17, 15) is 4.79 Å². The SMILES string of the molecule is CC(C)CNc1cc(C(=O)N2CCCCCC2)nc(-c2ccccc2)n1. The summed E-state index contributed by atoms with van der Waals surface area (Å²) in [4.78, 5) is 24.2. The Labute approximate surface area is 155 Å². The number of amides is 1. The summed E-state index contributed by atoms with van der Waals surface area (Å²) < 4.78 is 0. The summed E-state index contributed by atoms with van der Waals surface area (Å²) in [7, 11) is 0. The predicted octanol–water partition coefficient (Wildman–Crippen LogP) is 4.23. The zero-order chi connectivity index (χ0) is 18.4. The Balaban J connectivity index is 1.92. The lowest BCUT2D eigenvalue weighted by molar-refractivity contribution is 0.0756. The Morgan fingerprint density at radius 1 is 1.08 bits per heavy atom. The molecule has 0 spiro atoms. The van der Waals surface area contributed by atoms with Crippen molar-refractivity contribution in [1.82, 2.24) is 14.9 Å². The maximum Gasteiger partial charge on any atom is 0.272 e. The molecule has 1 aromatic carbocycles. The lowest BCUT2D eigenvalue weighted by atomic mass is 10.2. The van der Waals surface area contributed by atoms with Crippen LogP contribution in [0.2, 0.25) is 0 Å². The van der Waals surface area contributed by atoms with E-state index >= 15 is 0 Å². The highest BCUT2D eigenvalue weighted by molar-refractivity contribution is 5.93. The first-order chi connectivity index (χ1) is 12.6. The van der Waals surface area contributed by atoms with E-state index in [0.29, 0.717) is 23.3 Å². The van der Waals surface area contributed by atoms with E-state index < -0.39 is 0 Å². The van der Waals surface area contributed by atoms with Gasteiger partial charge in [-0.1, -0.05) is 57.0 Å². The molecule has 1 aliphatic rings. The molecule has 0 saturated carbocycles. The molecule has 2 aromatic rings. The van der Waals surface area contributed by atoms with Crippen molar-refractivity contribution in [1.29, 1.82) is 0 Å². The van der Waals surface area contributed by atoms with E-state index in [0.717, 1.165) is 38.0 Å². The van der Waals surface area contributed by atoms with Crippen molar-refractivity contribution in [2.24, 2.45) is 5.92 Å². The highest BCUT2D eigenvalue weighted by atomic mass is 16.2. The molecule has 3 rings (SSSR count). The fraction of sp³-hybridized carbons (Fsp3) is 0.476. The third kappa shape index (κ3) is 4.81. The van der Waals surface area contributed by atoms with Crippen molar-refractivity contribution in [3.8, 4) is 11.4 Å². The molecule has 1 N–H and O–H groups in total. The Bertz CT molecular complexity index is 722. The third-order valence-electron chi connectivity index (χ3n) is 4.56. The quantitative estimate of drug-likeness (QED) is 0.875. The van der Waals surface area contributed by atoms with Gasteiger partial charge in [-0.2, -0.15) is 0 Å². The van der Waals surface area contributed by atoms with Crippen LogP contribution in [0.3, 0.4) is 0 Å². The van der Waals surface area contributed by atoms with Gasteiger partial charge in [-0.15, -0.1) is 0 Å². The first-order valence-electron chi connectivity index (χ1n) is 9.61. The minimum atomic E-state index is 0.0130. The number of likely N-dealkylation sites (tertiary alicyclic amines) is 1. The second kappa shape index (κ2) is 8.79. The molecule has 0 unspecified atom stereocenters. The number of benzene rings is 1. The van der Waals surface area contributed by atoms with Gasteiger partial charge in [0.25, 0.3) is 5.91 Å². The topological polar surface area (TPSA) is 58.1 Å². The van der Waals surface area contributed by atoms with Crippen LogP contribution in [-0.2, 0) is 0 Å². The minimum absolute atomic E-state index is 0.0130. The molecular formula is C21H28N4O. The Kier molecular flexibility index (Phi) is 6.21. The summed E-state index contributed by atoms with van der Waals surface area (Å²) in [6, 6.07) is 11.6. The molecule has 1 aromatic heterocycles. The van der Waals surface area contributed by atoms with Crippen LogP contribution in [0.1, 0.15) is 50.0 Å². The van der Waals surface area contributed by atoms with Gasteiger partial charge in [-0.05, 0) is 18.8 Å². The van der Waals surface area contributed by atoms with Crippen LogP contribution in [0, 0.1) is 5.92 Å². The van der Waals surface area contributed by atoms with E-state index in [4.69, 9.17) is 0 Å². The van der Waals surface area contributed by atoms with Crippen LogP contribution in [0.25, 0.3) is 11.4 Å². The maximum atomic E-state index is 13.0. The molecule has 5 nitrogen and oxygen atoms in total. The molecule has 1 saturated heterocycles. The molecule has 0 bridgehead atoms. The molecule has 5 heteroatoms. The van der Waals surface area contributed by atoms with Crippen LogP contribution in [0.4, 0.5) is 5.82 Å². The fourth-order valence-corrected chi connectivity index (χ4v) is 3.11. The third-order valence-corrected chi connectivity index (χ3v) is 4.56. The first-order valence-corrected chi connectivity index (χ1v) is 9.61. The monoisotopic (exact) mass is 352 g/mol. The highest BCUT2D eigenvalue weighted by Gasteiger charge is 2.20. The number of nitrogens with one attached hydrogen (secondary N) is 1. The van der Waals surface area contributed by atoms with Gasteiger partial charge in [0.1, 0.15) is 11.5 Å². The van der Waals surface area contributed by atoms with Gasteiger partial charge in [0.2, 0.25) is 0 Å². The van der Waals surface area contributed by atoms with Crippen LogP contribution < -0.4 is 5.32 Å². The number of hydrogen-bond acceptors (Lipinski definition) is 4.